The first-order chi connectivity index (χ1) is 13.1. The first kappa shape index (κ1) is 26.5. The van der Waals surface area contributed by atoms with Crippen LogP contribution in [0.25, 0.3) is 0 Å². The molecule has 0 bridgehead atoms. The molecule has 168 valence electrons. The van der Waals surface area contributed by atoms with Gasteiger partial charge in [-0.25, -0.2) is 9.59 Å². The van der Waals surface area contributed by atoms with Crippen molar-refractivity contribution in [3.63, 3.8) is 0 Å². The zero-order chi connectivity index (χ0) is 22.8. The second kappa shape index (κ2) is 11.5. The maximum atomic E-state index is 12.0. The Kier molecular flexibility index (Phi) is 10.5. The monoisotopic (exact) mass is 440 g/mol. The summed E-state index contributed by atoms with van der Waals surface area (Å²) in [6.45, 7) is 1.84. The van der Waals surface area contributed by atoms with Gasteiger partial charge in [0.05, 0.1) is 0 Å². The van der Waals surface area contributed by atoms with Gasteiger partial charge in [-0.15, -0.1) is 0 Å². The highest BCUT2D eigenvalue weighted by molar-refractivity contribution is 5.76. The van der Waals surface area contributed by atoms with E-state index in [-0.39, 0.29) is 32.1 Å². The Balaban J connectivity index is 3.95. The number of esters is 4. The average Bonchev–Trinajstić information content (AvgIpc) is 2.52. The summed E-state index contributed by atoms with van der Waals surface area (Å²) in [6.07, 6.45) is -13.9. The second-order valence-corrected chi connectivity index (χ2v) is 5.48. The van der Waals surface area contributed by atoms with Crippen LogP contribution in [0.5, 0.6) is 0 Å². The zero-order valence-corrected chi connectivity index (χ0v) is 15.2. The fourth-order valence-corrected chi connectivity index (χ4v) is 1.69. The minimum Gasteiger partial charge on any atom is -0.425 e. The summed E-state index contributed by atoms with van der Waals surface area (Å²) >= 11 is 0. The predicted octanol–water partition coefficient (Wildman–Crippen LogP) is 2.93. The van der Waals surface area contributed by atoms with E-state index in [0.717, 1.165) is 13.8 Å². The van der Waals surface area contributed by atoms with Crippen LogP contribution in [0.1, 0.15) is 46.0 Å². The van der Waals surface area contributed by atoms with E-state index in [9.17, 15) is 45.5 Å². The van der Waals surface area contributed by atoms with E-state index in [1.807, 2.05) is 0 Å². The first-order valence-corrected chi connectivity index (χ1v) is 8.07. The van der Waals surface area contributed by atoms with Crippen LogP contribution in [0.15, 0.2) is 0 Å². The number of ether oxygens (including phenoxy) is 4. The number of carbonyl (C=O) groups is 4. The smallest absolute Gasteiger partial charge is 0.425 e. The van der Waals surface area contributed by atoms with Crippen LogP contribution >= 0.6 is 0 Å². The van der Waals surface area contributed by atoms with Gasteiger partial charge in [-0.2, -0.15) is 26.3 Å². The summed E-state index contributed by atoms with van der Waals surface area (Å²) in [7, 11) is 0. The molecule has 0 saturated carbocycles. The topological polar surface area (TPSA) is 105 Å². The highest BCUT2D eigenvalue weighted by atomic mass is 19.4. The molecule has 0 spiro atoms. The lowest BCUT2D eigenvalue weighted by atomic mass is 10.1. The Labute approximate surface area is 160 Å². The van der Waals surface area contributed by atoms with Crippen LogP contribution in [0.3, 0.4) is 0 Å². The number of halogens is 6. The second-order valence-electron chi connectivity index (χ2n) is 5.48. The standard InChI is InChI=1S/C15H18F6O8/c1-8(28-12(24)14(16,17)18)26-10(22)6-4-3-5-7-11(23)27-9(2)29-13(25)15(19,20)21/h8-9H,3-7H2,1-2H3. The van der Waals surface area contributed by atoms with E-state index in [4.69, 9.17) is 0 Å². The molecular formula is C15H18F6O8. The zero-order valence-electron chi connectivity index (χ0n) is 15.2. The predicted molar refractivity (Wildman–Crippen MR) is 78.5 cm³/mol. The highest BCUT2D eigenvalue weighted by Gasteiger charge is 2.43. The Hall–Kier alpha value is -2.54. The van der Waals surface area contributed by atoms with E-state index in [2.05, 4.69) is 18.9 Å². The summed E-state index contributed by atoms with van der Waals surface area (Å²) in [6, 6.07) is 0. The molecule has 0 aromatic rings. The van der Waals surface area contributed by atoms with Gasteiger partial charge in [0.1, 0.15) is 0 Å². The van der Waals surface area contributed by atoms with Gasteiger partial charge in [0.25, 0.3) is 0 Å². The molecule has 14 heteroatoms. The Bertz CT molecular complexity index is 536. The van der Waals surface area contributed by atoms with Crippen molar-refractivity contribution in [2.45, 2.75) is 70.9 Å². The fraction of sp³-hybridized carbons (Fsp3) is 0.733. The van der Waals surface area contributed by atoms with Crippen molar-refractivity contribution in [3.8, 4) is 0 Å². The number of carbonyl (C=O) groups excluding carboxylic acids is 4. The van der Waals surface area contributed by atoms with E-state index in [1.54, 1.807) is 0 Å². The van der Waals surface area contributed by atoms with Gasteiger partial charge < -0.3 is 18.9 Å². The summed E-state index contributed by atoms with van der Waals surface area (Å²) in [5.74, 6) is -6.90. The molecule has 0 N–H and O–H groups in total. The molecule has 0 aliphatic heterocycles. The van der Waals surface area contributed by atoms with Gasteiger partial charge in [-0.05, 0) is 12.8 Å². The van der Waals surface area contributed by atoms with Gasteiger partial charge in [-0.1, -0.05) is 6.42 Å². The van der Waals surface area contributed by atoms with Crippen LogP contribution < -0.4 is 0 Å². The summed E-state index contributed by atoms with van der Waals surface area (Å²) < 4.78 is 88.4. The molecule has 0 aliphatic rings. The van der Waals surface area contributed by atoms with Crippen LogP contribution in [0, 0.1) is 0 Å². The van der Waals surface area contributed by atoms with Crippen LogP contribution in [0.4, 0.5) is 26.3 Å². The third-order valence-electron chi connectivity index (χ3n) is 2.87. The van der Waals surface area contributed by atoms with Crippen molar-refractivity contribution in [3.05, 3.63) is 0 Å². The number of hydrogen-bond acceptors (Lipinski definition) is 8. The van der Waals surface area contributed by atoms with Crippen molar-refractivity contribution in [1.29, 1.82) is 0 Å². The van der Waals surface area contributed by atoms with Gasteiger partial charge in [0.2, 0.25) is 12.6 Å². The molecule has 0 aromatic carbocycles. The van der Waals surface area contributed by atoms with Gasteiger partial charge in [-0.3, -0.25) is 9.59 Å². The largest absolute Gasteiger partial charge is 0.491 e. The lowest BCUT2D eigenvalue weighted by molar-refractivity contribution is -0.223. The molecule has 0 radical (unpaired) electrons. The fourth-order valence-electron chi connectivity index (χ4n) is 1.69. The van der Waals surface area contributed by atoms with Crippen molar-refractivity contribution in [2.75, 3.05) is 0 Å². The van der Waals surface area contributed by atoms with Gasteiger partial charge in [0, 0.05) is 26.7 Å². The molecule has 0 amide bonds. The van der Waals surface area contributed by atoms with Gasteiger partial charge >= 0.3 is 36.2 Å². The van der Waals surface area contributed by atoms with Crippen molar-refractivity contribution in [1.82, 2.24) is 0 Å². The molecule has 0 saturated heterocycles. The Morgan fingerprint density at radius 2 is 0.931 bits per heavy atom. The molecule has 0 heterocycles. The molecule has 0 rings (SSSR count). The van der Waals surface area contributed by atoms with Crippen LogP contribution in [0.2, 0.25) is 0 Å². The van der Waals surface area contributed by atoms with Crippen molar-refractivity contribution in [2.24, 2.45) is 0 Å². The molecule has 8 nitrogen and oxygen atoms in total. The number of alkyl halides is 6. The minimum absolute atomic E-state index is 0.157. The van der Waals surface area contributed by atoms with Gasteiger partial charge in [0.15, 0.2) is 0 Å². The van der Waals surface area contributed by atoms with Crippen LogP contribution in [-0.4, -0.2) is 48.8 Å². The molecular weight excluding hydrogens is 422 g/mol. The molecule has 2 atom stereocenters. The number of unbranched alkanes of at least 4 members (excludes halogenated alkanes) is 2. The Morgan fingerprint density at radius 1 is 0.621 bits per heavy atom. The maximum Gasteiger partial charge on any atom is 0.491 e. The minimum atomic E-state index is -5.22. The molecule has 0 aliphatic carbocycles. The molecule has 29 heavy (non-hydrogen) atoms. The normalized spacial score (nSPS) is 13.8. The van der Waals surface area contributed by atoms with Crippen molar-refractivity contribution < 1.29 is 64.5 Å². The summed E-state index contributed by atoms with van der Waals surface area (Å²) in [4.78, 5) is 43.8. The SMILES string of the molecule is CC(OC(=O)CCCCCC(=O)OC(C)OC(=O)C(F)(F)F)OC(=O)C(F)(F)F. The molecule has 0 aromatic heterocycles. The maximum absolute atomic E-state index is 12.0. The van der Waals surface area contributed by atoms with Crippen LogP contribution in [-0.2, 0) is 38.1 Å². The Morgan fingerprint density at radius 3 is 1.21 bits per heavy atom. The van der Waals surface area contributed by atoms with E-state index < -0.39 is 48.8 Å². The third-order valence-corrected chi connectivity index (χ3v) is 2.87. The molecule has 2 unspecified atom stereocenters. The number of hydrogen-bond donors (Lipinski definition) is 0. The van der Waals surface area contributed by atoms with E-state index in [0.29, 0.717) is 0 Å². The lowest BCUT2D eigenvalue weighted by Crippen LogP contribution is -2.31. The average molecular weight is 440 g/mol. The third kappa shape index (κ3) is 12.5. The van der Waals surface area contributed by atoms with E-state index in [1.165, 1.54) is 0 Å². The first-order valence-electron chi connectivity index (χ1n) is 8.07. The molecule has 0 fully saturated rings. The summed E-state index contributed by atoms with van der Waals surface area (Å²) in [5.41, 5.74) is 0. The van der Waals surface area contributed by atoms with Crippen molar-refractivity contribution >= 4 is 23.9 Å². The van der Waals surface area contributed by atoms with E-state index >= 15 is 0 Å². The lowest BCUT2D eigenvalue weighted by Gasteiger charge is -2.15. The number of rotatable bonds is 10. The quantitative estimate of drug-likeness (QED) is 0.221. The summed E-state index contributed by atoms with van der Waals surface area (Å²) in [5, 5.41) is 0. The highest BCUT2D eigenvalue weighted by Crippen LogP contribution is 2.19.